The monoisotopic (exact) mass is 1530 g/mol. The van der Waals surface area contributed by atoms with Crippen LogP contribution in [-0.2, 0) is 49.5 Å². The van der Waals surface area contributed by atoms with Crippen LogP contribution in [0, 0.1) is 55.4 Å². The molecule has 3 aliphatic heterocycles. The average Bonchev–Trinajstić information content (AvgIpc) is 4.21. The molecule has 1 fully saturated rings. The molecule has 14 heteroatoms. The van der Waals surface area contributed by atoms with Gasteiger partial charge in [0.2, 0.25) is 0 Å². The fourth-order valence-corrected chi connectivity index (χ4v) is 8.99. The van der Waals surface area contributed by atoms with Crippen molar-refractivity contribution in [2.75, 3.05) is 39.4 Å². The van der Waals surface area contributed by atoms with E-state index in [2.05, 4.69) is 262 Å². The van der Waals surface area contributed by atoms with Crippen LogP contribution < -0.4 is 19.6 Å². The second kappa shape index (κ2) is 46.4. The van der Waals surface area contributed by atoms with Crippen molar-refractivity contribution in [2.24, 2.45) is 0 Å². The van der Waals surface area contributed by atoms with E-state index < -0.39 is 13.4 Å². The van der Waals surface area contributed by atoms with Crippen LogP contribution in [0.15, 0.2) is 110 Å². The largest absolute Gasteiger partial charge is 0.479 e. The maximum absolute atomic E-state index is 9.58. The summed E-state index contributed by atoms with van der Waals surface area (Å²) in [6.07, 6.45) is 13.5. The Labute approximate surface area is 534 Å². The topological polar surface area (TPSA) is 42.4 Å². The third-order valence-corrected chi connectivity index (χ3v) is 12.7. The summed E-state index contributed by atoms with van der Waals surface area (Å²) >= 11 is 0. The second-order valence-electron chi connectivity index (χ2n) is 21.4. The minimum absolute atomic E-state index is 0. The van der Waals surface area contributed by atoms with E-state index in [1.165, 1.54) is 86.2 Å². The number of aliphatic hydroxyl groups excluding tert-OH is 1. The van der Waals surface area contributed by atoms with Crippen LogP contribution in [0.2, 0.25) is 0 Å². The number of benzene rings is 4. The van der Waals surface area contributed by atoms with E-state index >= 15 is 0 Å². The molecule has 0 unspecified atom stereocenters. The van der Waals surface area contributed by atoms with Crippen molar-refractivity contribution < 1.29 is 80.9 Å². The van der Waals surface area contributed by atoms with Crippen molar-refractivity contribution in [3.05, 3.63) is 210 Å². The van der Waals surface area contributed by atoms with Crippen molar-refractivity contribution in [3.63, 3.8) is 0 Å². The normalized spacial score (nSPS) is 12.8. The molecule has 6 nitrogen and oxygen atoms in total. The molecule has 1 N–H and O–H groups in total. The minimum Gasteiger partial charge on any atom is -0.479 e. The van der Waals surface area contributed by atoms with Crippen molar-refractivity contribution in [1.82, 2.24) is 0 Å². The van der Waals surface area contributed by atoms with Gasteiger partial charge in [-0.1, -0.05) is 191 Å². The van der Waals surface area contributed by atoms with Gasteiger partial charge in [-0.25, -0.2) is 19.6 Å². The zero-order chi connectivity index (χ0) is 59.4. The summed E-state index contributed by atoms with van der Waals surface area (Å²) in [5.41, 5.74) is 16.6. The van der Waals surface area contributed by atoms with Gasteiger partial charge in [0.15, 0.2) is 13.4 Å². The summed E-state index contributed by atoms with van der Waals surface area (Å²) < 4.78 is 62.4. The third kappa shape index (κ3) is 29.4. The van der Waals surface area contributed by atoms with Gasteiger partial charge in [0, 0.05) is 87.3 Å². The molecule has 0 saturated carbocycles. The summed E-state index contributed by atoms with van der Waals surface area (Å²) in [5, 5.41) is 7.81. The molecule has 3 heterocycles. The third-order valence-electron chi connectivity index (χ3n) is 12.7. The average molecular weight is 1530 g/mol. The SMILES string of the molecule is C.C1CCOC1.C=C[CH2-].CC(C)c1cccc(C(C)C)c1N1C=CN(c2c(C(C)C)cccc2C(C)C)[CH-]1.CC(C)c1cccc(C(C)C)c1N1C=CN(c2c(C(C)C)cccc2C(C)C)[CH-]1.F[C-](F)F.F[C-](F)F.[Au].[Au].[CH2-]CCO.[CH3-].[CH3-]. The smallest absolute Gasteiger partial charge is 0.154 e. The molecule has 0 atom stereocenters. The zero-order valence-corrected chi connectivity index (χ0v) is 56.8. The van der Waals surface area contributed by atoms with E-state index in [-0.39, 0.29) is 73.6 Å². The number of halogens is 6. The number of aliphatic hydroxyl groups is 1. The predicted octanol–water partition coefficient (Wildman–Crippen LogP) is 22.4. The van der Waals surface area contributed by atoms with E-state index in [0.717, 1.165) is 13.2 Å². The Morgan fingerprint density at radius 1 is 0.470 bits per heavy atom. The van der Waals surface area contributed by atoms with Crippen molar-refractivity contribution in [3.8, 4) is 0 Å². The van der Waals surface area contributed by atoms with E-state index in [9.17, 15) is 26.3 Å². The van der Waals surface area contributed by atoms with Crippen molar-refractivity contribution >= 4 is 22.7 Å². The first-order chi connectivity index (χ1) is 36.7. The Kier molecular flexibility index (Phi) is 49.1. The van der Waals surface area contributed by atoms with Gasteiger partial charge in [0.05, 0.1) is 0 Å². The Balaban J connectivity index is -0.000000351. The van der Waals surface area contributed by atoms with Crippen LogP contribution in [0.3, 0.4) is 0 Å². The first-order valence-corrected chi connectivity index (χ1v) is 27.5. The van der Waals surface area contributed by atoms with Gasteiger partial charge in [0.1, 0.15) is 0 Å². The maximum atomic E-state index is 9.58. The van der Waals surface area contributed by atoms with Gasteiger partial charge in [-0.05, 0) is 129 Å². The summed E-state index contributed by atoms with van der Waals surface area (Å²) in [6.45, 7) is 47.0. The minimum atomic E-state index is -3.08. The standard InChI is InChI=1S/2C27H37N2.C4H8O.C3H7O.C3H5.2CF3.CH4.2CH3.2Au/c2*1-18(2)22-11-9-12-23(19(3)4)26(22)28-15-16-29(17-28)27-24(20(5)6)13-10-14-25(27)21(7)8;1-2-4-5-3-1;1-2-3-4;1-3-2;2*2-1(3)4;;;;;/h2*9-21H,1-8H3;1-4H2;4H,1-3H2;3H,1-2H2;;;1H4;2*1H3;;/q2*-1;;4*-1;;2*-1;;. The molecule has 0 aromatic heterocycles. The van der Waals surface area contributed by atoms with Crippen LogP contribution in [0.5, 0.6) is 0 Å². The van der Waals surface area contributed by atoms with E-state index in [1.54, 1.807) is 0 Å². The summed E-state index contributed by atoms with van der Waals surface area (Å²) in [5.74, 6) is 3.84. The molecule has 2 radical (unpaired) electrons. The molecule has 0 amide bonds. The maximum Gasteiger partial charge on any atom is 0.154 e. The fourth-order valence-electron chi connectivity index (χ4n) is 8.99. The first kappa shape index (κ1) is 87.9. The van der Waals surface area contributed by atoms with Crippen LogP contribution >= 0.6 is 0 Å². The summed E-state index contributed by atoms with van der Waals surface area (Å²) in [7, 11) is 0. The molecule has 0 aliphatic carbocycles. The van der Waals surface area contributed by atoms with Crippen molar-refractivity contribution in [2.45, 2.75) is 185 Å². The van der Waals surface area contributed by atoms with E-state index in [1.807, 2.05) is 0 Å². The molecule has 4 aromatic carbocycles. The van der Waals surface area contributed by atoms with Gasteiger partial charge in [-0.15, -0.1) is 13.3 Å². The molecule has 3 aliphatic rings. The number of ether oxygens (including phenoxy) is 1. The Morgan fingerprint density at radius 2 is 0.614 bits per heavy atom. The van der Waals surface area contributed by atoms with Gasteiger partial charge in [-0.3, -0.25) is 0 Å². The number of allylic oxidation sites excluding steroid dienone is 1. The van der Waals surface area contributed by atoms with E-state index in [4.69, 9.17) is 9.84 Å². The van der Waals surface area contributed by atoms with Crippen LogP contribution in [0.25, 0.3) is 0 Å². The number of hydrogen-bond acceptors (Lipinski definition) is 6. The molecule has 83 heavy (non-hydrogen) atoms. The number of nitrogens with zero attached hydrogens (tertiary/aromatic N) is 4. The zero-order valence-electron chi connectivity index (χ0n) is 52.5. The quantitative estimate of drug-likeness (QED) is 0.0817. The number of para-hydroxylation sites is 4. The van der Waals surface area contributed by atoms with Crippen molar-refractivity contribution in [1.29, 1.82) is 0 Å². The Bertz CT molecular complexity index is 1950. The molecule has 7 rings (SSSR count). The molecular weight excluding hydrogens is 1420 g/mol. The second-order valence-corrected chi connectivity index (χ2v) is 21.4. The summed E-state index contributed by atoms with van der Waals surface area (Å²) in [4.78, 5) is 9.30. The number of rotatable bonds is 13. The Morgan fingerprint density at radius 3 is 0.711 bits per heavy atom. The molecule has 0 bridgehead atoms. The first-order valence-electron chi connectivity index (χ1n) is 27.5. The van der Waals surface area contributed by atoms with Gasteiger partial charge < -0.3 is 77.6 Å². The fraction of sp³-hybridized carbons (Fsp3) is 0.449. The van der Waals surface area contributed by atoms with Crippen LogP contribution in [0.4, 0.5) is 49.1 Å². The summed E-state index contributed by atoms with van der Waals surface area (Å²) in [6, 6.07) is 27.0. The van der Waals surface area contributed by atoms with Gasteiger partial charge in [0.25, 0.3) is 0 Å². The number of anilines is 4. The molecule has 1 saturated heterocycles. The van der Waals surface area contributed by atoms with E-state index in [0.29, 0.717) is 53.8 Å². The molecular formula is C69H104Au2F6N4O2-8. The Hall–Kier alpha value is -3.85. The molecule has 484 valence electrons. The predicted molar refractivity (Wildman–Crippen MR) is 341 cm³/mol. The molecule has 4 aromatic rings. The molecule has 0 spiro atoms. The van der Waals surface area contributed by atoms with Gasteiger partial charge >= 0.3 is 0 Å². The number of hydrogen-bond donors (Lipinski definition) is 1. The van der Waals surface area contributed by atoms with Gasteiger partial charge in [-0.2, -0.15) is 6.42 Å². The van der Waals surface area contributed by atoms with Crippen LogP contribution in [-0.4, -0.2) is 24.9 Å². The van der Waals surface area contributed by atoms with Crippen LogP contribution in [0.1, 0.15) is 229 Å².